The molecule has 0 radical (unpaired) electrons. The number of carbonyl (C=O) groups is 2. The number of nitrogens with zero attached hydrogens (tertiary/aromatic N) is 1. The summed E-state index contributed by atoms with van der Waals surface area (Å²) < 4.78 is 15.7. The first-order valence-electron chi connectivity index (χ1n) is 8.98. The molecule has 10 nitrogen and oxygen atoms in total. The Morgan fingerprint density at radius 1 is 1.10 bits per heavy atom. The van der Waals surface area contributed by atoms with Crippen molar-refractivity contribution in [1.29, 1.82) is 0 Å². The average molecular weight is 414 g/mol. The van der Waals surface area contributed by atoms with Crippen LogP contribution in [-0.4, -0.2) is 60.9 Å². The number of aromatic nitrogens is 2. The fourth-order valence-corrected chi connectivity index (χ4v) is 2.86. The number of benzene rings is 2. The highest BCUT2D eigenvalue weighted by molar-refractivity contribution is 6.01. The summed E-state index contributed by atoms with van der Waals surface area (Å²) in [5.74, 6) is -0.117. The smallest absolute Gasteiger partial charge is 0.252 e. The van der Waals surface area contributed by atoms with E-state index in [0.717, 1.165) is 5.52 Å². The molecule has 1 aromatic heterocycles. The molecule has 0 bridgehead atoms. The molecule has 0 aliphatic rings. The Morgan fingerprint density at radius 3 is 2.33 bits per heavy atom. The highest BCUT2D eigenvalue weighted by Crippen LogP contribution is 2.38. The molecule has 30 heavy (non-hydrogen) atoms. The predicted molar refractivity (Wildman–Crippen MR) is 109 cm³/mol. The maximum atomic E-state index is 12.7. The molecule has 3 rings (SSSR count). The first-order valence-corrected chi connectivity index (χ1v) is 8.98. The van der Waals surface area contributed by atoms with Gasteiger partial charge < -0.3 is 29.6 Å². The monoisotopic (exact) mass is 414 g/mol. The number of anilines is 1. The van der Waals surface area contributed by atoms with Gasteiger partial charge in [-0.1, -0.05) is 12.1 Å². The van der Waals surface area contributed by atoms with Crippen LogP contribution in [0.25, 0.3) is 11.0 Å². The molecular weight excluding hydrogens is 392 g/mol. The van der Waals surface area contributed by atoms with Gasteiger partial charge in [0, 0.05) is 5.56 Å². The maximum absolute atomic E-state index is 12.7. The molecule has 3 aromatic rings. The number of ether oxygens (including phenoxy) is 3. The number of nitrogens with one attached hydrogen (secondary N) is 3. The minimum absolute atomic E-state index is 0.166. The van der Waals surface area contributed by atoms with Crippen molar-refractivity contribution >= 4 is 28.8 Å². The van der Waals surface area contributed by atoms with Gasteiger partial charge >= 0.3 is 0 Å². The lowest BCUT2D eigenvalue weighted by Crippen LogP contribution is -2.46. The van der Waals surface area contributed by atoms with Crippen LogP contribution in [0.3, 0.4) is 0 Å². The number of fused-ring (bicyclic) bond motifs is 1. The van der Waals surface area contributed by atoms with E-state index in [4.69, 9.17) is 14.2 Å². The number of carbonyl (C=O) groups excluding carboxylic acids is 2. The molecule has 0 unspecified atom stereocenters. The maximum Gasteiger partial charge on any atom is 0.252 e. The van der Waals surface area contributed by atoms with Crippen molar-refractivity contribution in [3.8, 4) is 17.2 Å². The van der Waals surface area contributed by atoms with E-state index < -0.39 is 24.5 Å². The molecule has 0 saturated heterocycles. The topological polar surface area (TPSA) is 135 Å². The quantitative estimate of drug-likeness (QED) is 0.437. The lowest BCUT2D eigenvalue weighted by Gasteiger charge is -2.17. The Bertz CT molecular complexity index is 1010. The van der Waals surface area contributed by atoms with Crippen LogP contribution in [0.5, 0.6) is 17.2 Å². The molecule has 1 heterocycles. The van der Waals surface area contributed by atoms with Crippen LogP contribution in [-0.2, 0) is 4.79 Å². The number of methoxy groups -OCH3 is 3. The van der Waals surface area contributed by atoms with E-state index in [1.165, 1.54) is 33.5 Å². The van der Waals surface area contributed by atoms with Crippen LogP contribution in [0.4, 0.5) is 5.95 Å². The Hall–Kier alpha value is -3.79. The average Bonchev–Trinajstić information content (AvgIpc) is 3.18. The van der Waals surface area contributed by atoms with Gasteiger partial charge in [0.1, 0.15) is 6.04 Å². The van der Waals surface area contributed by atoms with Crippen molar-refractivity contribution in [3.05, 3.63) is 42.0 Å². The van der Waals surface area contributed by atoms with Crippen molar-refractivity contribution in [2.24, 2.45) is 0 Å². The molecule has 158 valence electrons. The molecule has 10 heteroatoms. The summed E-state index contributed by atoms with van der Waals surface area (Å²) in [4.78, 5) is 32.4. The third-order valence-corrected chi connectivity index (χ3v) is 4.36. The predicted octanol–water partition coefficient (Wildman–Crippen LogP) is 1.32. The van der Waals surface area contributed by atoms with Crippen molar-refractivity contribution < 1.29 is 28.9 Å². The van der Waals surface area contributed by atoms with Crippen molar-refractivity contribution in [3.63, 3.8) is 0 Å². The fraction of sp³-hybridized carbons (Fsp3) is 0.250. The summed E-state index contributed by atoms with van der Waals surface area (Å²) in [6.07, 6.45) is 0. The molecule has 0 saturated carbocycles. The van der Waals surface area contributed by atoms with Gasteiger partial charge in [0.25, 0.3) is 11.8 Å². The summed E-state index contributed by atoms with van der Waals surface area (Å²) >= 11 is 0. The normalized spacial score (nSPS) is 11.6. The molecule has 2 aromatic carbocycles. The zero-order chi connectivity index (χ0) is 21.7. The fourth-order valence-electron chi connectivity index (χ4n) is 2.86. The molecular formula is C20H22N4O6. The van der Waals surface area contributed by atoms with Crippen molar-refractivity contribution in [1.82, 2.24) is 15.3 Å². The molecule has 0 spiro atoms. The molecule has 2 amide bonds. The van der Waals surface area contributed by atoms with Gasteiger partial charge in [0.2, 0.25) is 11.7 Å². The highest BCUT2D eigenvalue weighted by Gasteiger charge is 2.24. The first-order chi connectivity index (χ1) is 14.5. The Morgan fingerprint density at radius 2 is 1.77 bits per heavy atom. The number of H-pyrrole nitrogens is 1. The van der Waals surface area contributed by atoms with Crippen molar-refractivity contribution in [2.45, 2.75) is 6.04 Å². The SMILES string of the molecule is COc1cc(C(=O)N[C@@H](CO)C(=O)Nc2nc3ccccc3[nH]2)cc(OC)c1OC. The van der Waals surface area contributed by atoms with E-state index in [1.54, 1.807) is 6.07 Å². The number of rotatable bonds is 8. The second-order valence-electron chi connectivity index (χ2n) is 6.21. The number of para-hydroxylation sites is 2. The molecule has 0 aliphatic carbocycles. The van der Waals surface area contributed by atoms with E-state index in [0.29, 0.717) is 11.3 Å². The van der Waals surface area contributed by atoms with Gasteiger partial charge in [-0.25, -0.2) is 4.98 Å². The van der Waals surface area contributed by atoms with Crippen LogP contribution in [0.15, 0.2) is 36.4 Å². The van der Waals surface area contributed by atoms with Gasteiger partial charge in [0.05, 0.1) is 39.0 Å². The van der Waals surface area contributed by atoms with Crippen LogP contribution < -0.4 is 24.8 Å². The minimum Gasteiger partial charge on any atom is -0.493 e. The third kappa shape index (κ3) is 4.28. The van der Waals surface area contributed by atoms with Crippen LogP contribution in [0.1, 0.15) is 10.4 Å². The number of aliphatic hydroxyl groups excluding tert-OH is 1. The largest absolute Gasteiger partial charge is 0.493 e. The summed E-state index contributed by atoms with van der Waals surface area (Å²) in [5.41, 5.74) is 1.59. The van der Waals surface area contributed by atoms with Gasteiger partial charge in [0.15, 0.2) is 11.5 Å². The van der Waals surface area contributed by atoms with Gasteiger partial charge in [-0.2, -0.15) is 0 Å². The summed E-state index contributed by atoms with van der Waals surface area (Å²) in [6, 6.07) is 8.95. The van der Waals surface area contributed by atoms with E-state index in [-0.39, 0.29) is 23.0 Å². The molecule has 0 fully saturated rings. The number of amides is 2. The lowest BCUT2D eigenvalue weighted by atomic mass is 10.1. The van der Waals surface area contributed by atoms with Gasteiger partial charge in [-0.3, -0.25) is 14.9 Å². The summed E-state index contributed by atoms with van der Waals surface area (Å²) in [7, 11) is 4.30. The summed E-state index contributed by atoms with van der Waals surface area (Å²) in [5, 5.41) is 14.7. The van der Waals surface area contributed by atoms with Crippen LogP contribution >= 0.6 is 0 Å². The number of aromatic amines is 1. The Labute approximate surface area is 172 Å². The van der Waals surface area contributed by atoms with E-state index in [2.05, 4.69) is 20.6 Å². The van der Waals surface area contributed by atoms with E-state index >= 15 is 0 Å². The van der Waals surface area contributed by atoms with Crippen molar-refractivity contribution in [2.75, 3.05) is 33.3 Å². The molecule has 1 atom stereocenters. The number of aliphatic hydroxyl groups is 1. The second kappa shape index (κ2) is 9.14. The summed E-state index contributed by atoms with van der Waals surface area (Å²) in [6.45, 7) is -0.609. The van der Waals surface area contributed by atoms with Gasteiger partial charge in [-0.15, -0.1) is 0 Å². The zero-order valence-corrected chi connectivity index (χ0v) is 16.7. The number of hydrogen-bond donors (Lipinski definition) is 4. The van der Waals surface area contributed by atoms with Crippen LogP contribution in [0, 0.1) is 0 Å². The zero-order valence-electron chi connectivity index (χ0n) is 16.7. The first kappa shape index (κ1) is 20.9. The Kier molecular flexibility index (Phi) is 6.38. The molecule has 4 N–H and O–H groups in total. The van der Waals surface area contributed by atoms with Gasteiger partial charge in [-0.05, 0) is 24.3 Å². The van der Waals surface area contributed by atoms with Crippen LogP contribution in [0.2, 0.25) is 0 Å². The third-order valence-electron chi connectivity index (χ3n) is 4.36. The minimum atomic E-state index is -1.20. The Balaban J connectivity index is 1.76. The lowest BCUT2D eigenvalue weighted by molar-refractivity contribution is -0.118. The number of hydrogen-bond acceptors (Lipinski definition) is 7. The van der Waals surface area contributed by atoms with E-state index in [1.807, 2.05) is 18.2 Å². The highest BCUT2D eigenvalue weighted by atomic mass is 16.5. The second-order valence-corrected chi connectivity index (χ2v) is 6.21. The molecule has 0 aliphatic heterocycles. The standard InChI is InChI=1S/C20H22N4O6/c1-28-15-8-11(9-16(29-2)17(15)30-3)18(26)21-14(10-25)19(27)24-20-22-12-6-4-5-7-13(12)23-20/h4-9,14,25H,10H2,1-3H3,(H,21,26)(H2,22,23,24,27)/t14-/m0/s1. The van der Waals surface area contributed by atoms with E-state index in [9.17, 15) is 14.7 Å². The number of imidazole rings is 1.